The monoisotopic (exact) mass is 543 g/mol. The summed E-state index contributed by atoms with van der Waals surface area (Å²) in [5.74, 6) is -1.14. The largest absolute Gasteiger partial charge is 0.480 e. The van der Waals surface area contributed by atoms with E-state index in [9.17, 15) is 24.6 Å². The van der Waals surface area contributed by atoms with Crippen molar-refractivity contribution in [3.05, 3.63) is 141 Å². The Hall–Kier alpha value is -4.35. The van der Waals surface area contributed by atoms with Gasteiger partial charge < -0.3 is 19.7 Å². The lowest BCUT2D eigenvalue weighted by atomic mass is 9.80. The topological polar surface area (TPSA) is 143 Å². The van der Waals surface area contributed by atoms with Crippen molar-refractivity contribution in [1.82, 2.24) is 14.9 Å². The highest BCUT2D eigenvalue weighted by Gasteiger charge is 2.47. The van der Waals surface area contributed by atoms with Gasteiger partial charge in [-0.2, -0.15) is 0 Å². The molecule has 1 aromatic heterocycles. The van der Waals surface area contributed by atoms with Crippen molar-refractivity contribution in [2.45, 2.75) is 30.1 Å². The van der Waals surface area contributed by atoms with Crippen LogP contribution in [-0.4, -0.2) is 57.1 Å². The summed E-state index contributed by atoms with van der Waals surface area (Å²) in [6.07, 6.45) is -2.06. The Morgan fingerprint density at radius 2 is 1.43 bits per heavy atom. The highest BCUT2D eigenvalue weighted by Crippen LogP contribution is 2.41. The van der Waals surface area contributed by atoms with Gasteiger partial charge in [0.1, 0.15) is 17.8 Å². The number of nitrogens with zero attached hydrogens (tertiary/aromatic N) is 1. The second-order valence-electron chi connectivity index (χ2n) is 9.46. The molecule has 4 atom stereocenters. The molecule has 0 amide bonds. The fourth-order valence-electron chi connectivity index (χ4n) is 5.15. The molecule has 3 aromatic carbocycles. The number of rotatable bonds is 10. The number of nitrogens with one attached hydrogen (secondary N) is 2. The lowest BCUT2D eigenvalue weighted by Gasteiger charge is -2.37. The molecule has 0 saturated carbocycles. The maximum atomic E-state index is 12.6. The smallest absolute Gasteiger partial charge is 0.330 e. The van der Waals surface area contributed by atoms with Crippen molar-refractivity contribution < 1.29 is 24.5 Å². The van der Waals surface area contributed by atoms with Gasteiger partial charge in [-0.3, -0.25) is 24.5 Å². The molecule has 206 valence electrons. The molecule has 1 fully saturated rings. The molecule has 4 N–H and O–H groups in total. The molecule has 0 spiro atoms. The minimum Gasteiger partial charge on any atom is -0.480 e. The molecule has 4 aromatic rings. The number of ether oxygens (including phenoxy) is 2. The van der Waals surface area contributed by atoms with Gasteiger partial charge in [0.05, 0.1) is 19.2 Å². The molecule has 0 radical (unpaired) electrons. The summed E-state index contributed by atoms with van der Waals surface area (Å²) in [5.41, 5.74) is 0.147. The number of hydrogen-bond acceptors (Lipinski definition) is 7. The zero-order valence-electron chi connectivity index (χ0n) is 21.4. The predicted molar refractivity (Wildman–Crippen MR) is 146 cm³/mol. The van der Waals surface area contributed by atoms with Crippen LogP contribution in [0.15, 0.2) is 113 Å². The van der Waals surface area contributed by atoms with Gasteiger partial charge in [0.2, 0.25) is 0 Å². The van der Waals surface area contributed by atoms with E-state index in [1.54, 1.807) is 0 Å². The summed E-state index contributed by atoms with van der Waals surface area (Å²) in [5, 5.41) is 23.3. The maximum Gasteiger partial charge on any atom is 0.330 e. The second kappa shape index (κ2) is 11.8. The molecular weight excluding hydrogens is 514 g/mol. The van der Waals surface area contributed by atoms with Gasteiger partial charge in [-0.25, -0.2) is 4.79 Å². The fourth-order valence-corrected chi connectivity index (χ4v) is 5.15. The molecule has 0 unspecified atom stereocenters. The van der Waals surface area contributed by atoms with E-state index in [2.05, 4.69) is 10.3 Å². The van der Waals surface area contributed by atoms with E-state index >= 15 is 0 Å². The third kappa shape index (κ3) is 5.38. The van der Waals surface area contributed by atoms with Crippen LogP contribution >= 0.6 is 0 Å². The van der Waals surface area contributed by atoms with Gasteiger partial charge in [-0.1, -0.05) is 91.0 Å². The van der Waals surface area contributed by atoms with Crippen LogP contribution in [0.1, 0.15) is 22.9 Å². The summed E-state index contributed by atoms with van der Waals surface area (Å²) in [6.45, 7) is -0.588. The van der Waals surface area contributed by atoms with E-state index in [0.29, 0.717) is 0 Å². The van der Waals surface area contributed by atoms with Gasteiger partial charge in [0, 0.05) is 12.3 Å². The second-order valence-corrected chi connectivity index (χ2v) is 9.46. The lowest BCUT2D eigenvalue weighted by Crippen LogP contribution is -2.48. The minimum atomic E-state index is -1.25. The van der Waals surface area contributed by atoms with Crippen LogP contribution in [0.25, 0.3) is 0 Å². The van der Waals surface area contributed by atoms with Crippen molar-refractivity contribution in [1.29, 1.82) is 0 Å². The molecule has 5 rings (SSSR count). The zero-order chi connectivity index (χ0) is 28.1. The lowest BCUT2D eigenvalue weighted by molar-refractivity contribution is -0.136. The number of carboxylic acids is 1. The normalized spacial score (nSPS) is 20.8. The average molecular weight is 544 g/mol. The predicted octanol–water partition coefficient (Wildman–Crippen LogP) is 1.85. The molecule has 0 aliphatic carbocycles. The first-order chi connectivity index (χ1) is 19.4. The molecule has 10 nitrogen and oxygen atoms in total. The fraction of sp³-hybridized carbons (Fsp3) is 0.233. The summed E-state index contributed by atoms with van der Waals surface area (Å²) < 4.78 is 14.0. The number of benzene rings is 3. The van der Waals surface area contributed by atoms with Gasteiger partial charge in [-0.05, 0) is 16.7 Å². The molecular formula is C30H29N3O7. The van der Waals surface area contributed by atoms with E-state index in [4.69, 9.17) is 9.47 Å². The standard InChI is InChI=1S/C30H29N3O7/c34-24-16-17-33(29(38)32-24)28-26(31-18-25(35)36)27(37)23(40-28)19-39-30(20-10-4-1-5-11-20,21-12-6-2-7-13-21)22-14-8-3-9-15-22/h1-17,23,26-28,31,37H,18-19H2,(H,35,36)(H,32,34,38)/t23-,26-,27-,28-/m1/s1. The number of hydrogen-bond donors (Lipinski definition) is 4. The Morgan fingerprint density at radius 1 is 0.900 bits per heavy atom. The zero-order valence-corrected chi connectivity index (χ0v) is 21.4. The maximum absolute atomic E-state index is 12.6. The number of aromatic nitrogens is 2. The summed E-state index contributed by atoms with van der Waals surface area (Å²) >= 11 is 0. The summed E-state index contributed by atoms with van der Waals surface area (Å²) in [7, 11) is 0. The van der Waals surface area contributed by atoms with Crippen LogP contribution in [0.3, 0.4) is 0 Å². The van der Waals surface area contributed by atoms with E-state index in [-0.39, 0.29) is 6.61 Å². The highest BCUT2D eigenvalue weighted by atomic mass is 16.6. The first kappa shape index (κ1) is 27.2. The Morgan fingerprint density at radius 3 is 1.90 bits per heavy atom. The SMILES string of the molecule is O=C(O)CN[C@@H]1[C@H](O)[C@@H](COC(c2ccccc2)(c2ccccc2)c2ccccc2)O[C@H]1n1ccc(=O)[nH]c1=O. The molecule has 1 aliphatic rings. The van der Waals surface area contributed by atoms with Crippen LogP contribution < -0.4 is 16.6 Å². The van der Waals surface area contributed by atoms with Crippen LogP contribution in [-0.2, 0) is 19.9 Å². The Balaban J connectivity index is 1.53. The van der Waals surface area contributed by atoms with Crippen LogP contribution in [0.2, 0.25) is 0 Å². The average Bonchev–Trinajstić information content (AvgIpc) is 3.28. The molecule has 2 heterocycles. The van der Waals surface area contributed by atoms with Gasteiger partial charge in [0.25, 0.3) is 5.56 Å². The first-order valence-electron chi connectivity index (χ1n) is 12.8. The number of carbonyl (C=O) groups is 1. The number of aliphatic hydroxyl groups excluding tert-OH is 1. The quantitative estimate of drug-likeness (QED) is 0.222. The van der Waals surface area contributed by atoms with Gasteiger partial charge >= 0.3 is 11.7 Å². The van der Waals surface area contributed by atoms with Crippen LogP contribution in [0, 0.1) is 0 Å². The molecule has 10 heteroatoms. The number of carboxylic acid groups (broad SMARTS) is 1. The van der Waals surface area contributed by atoms with Crippen molar-refractivity contribution in [2.75, 3.05) is 13.2 Å². The number of aliphatic carboxylic acids is 1. The number of aliphatic hydroxyl groups is 1. The van der Waals surface area contributed by atoms with Crippen molar-refractivity contribution in [2.24, 2.45) is 0 Å². The third-order valence-electron chi connectivity index (χ3n) is 6.99. The molecule has 0 bridgehead atoms. The van der Waals surface area contributed by atoms with E-state index in [0.717, 1.165) is 27.3 Å². The summed E-state index contributed by atoms with van der Waals surface area (Å²) in [4.78, 5) is 37.7. The Labute approximate surface area is 229 Å². The van der Waals surface area contributed by atoms with Gasteiger partial charge in [-0.15, -0.1) is 0 Å². The summed E-state index contributed by atoms with van der Waals surface area (Å²) in [6, 6.07) is 29.2. The van der Waals surface area contributed by atoms with E-state index < -0.39 is 53.8 Å². The highest BCUT2D eigenvalue weighted by molar-refractivity contribution is 5.69. The van der Waals surface area contributed by atoms with E-state index in [1.807, 2.05) is 91.0 Å². The number of H-pyrrole nitrogens is 1. The van der Waals surface area contributed by atoms with Crippen molar-refractivity contribution in [3.63, 3.8) is 0 Å². The molecule has 1 aliphatic heterocycles. The number of aromatic amines is 1. The van der Waals surface area contributed by atoms with E-state index in [1.165, 1.54) is 6.20 Å². The van der Waals surface area contributed by atoms with Crippen LogP contribution in [0.4, 0.5) is 0 Å². The molecule has 40 heavy (non-hydrogen) atoms. The third-order valence-corrected chi connectivity index (χ3v) is 6.99. The van der Waals surface area contributed by atoms with Gasteiger partial charge in [0.15, 0.2) is 6.23 Å². The minimum absolute atomic E-state index is 0.111. The molecule has 1 saturated heterocycles. The Bertz CT molecular complexity index is 1440. The first-order valence-corrected chi connectivity index (χ1v) is 12.8. The van der Waals surface area contributed by atoms with Crippen LogP contribution in [0.5, 0.6) is 0 Å². The van der Waals surface area contributed by atoms with Crippen molar-refractivity contribution >= 4 is 5.97 Å². The Kier molecular flexibility index (Phi) is 8.04. The van der Waals surface area contributed by atoms with Crippen molar-refractivity contribution in [3.8, 4) is 0 Å².